The quantitative estimate of drug-likeness (QED) is 0.556. The van der Waals surface area contributed by atoms with E-state index in [4.69, 9.17) is 0 Å². The molecule has 0 radical (unpaired) electrons. The maximum absolute atomic E-state index is 3.92. The minimum Gasteiger partial charge on any atom is -0.0961 e. The van der Waals surface area contributed by atoms with Gasteiger partial charge in [-0.2, -0.15) is 0 Å². The predicted octanol–water partition coefficient (Wildman–Crippen LogP) is 4.50. The second kappa shape index (κ2) is 5.80. The Balaban J connectivity index is 4.66. The SMILES string of the molecule is C=C(C)/C=C(CC(C)C)\C(C)=C/C. The molecule has 0 bridgehead atoms. The normalized spacial score (nSPS) is 13.7. The van der Waals surface area contributed by atoms with Gasteiger partial charge >= 0.3 is 0 Å². The lowest BCUT2D eigenvalue weighted by Crippen LogP contribution is -1.93. The molecule has 0 heteroatoms. The minimum absolute atomic E-state index is 0.709. The Kier molecular flexibility index (Phi) is 5.45. The van der Waals surface area contributed by atoms with Crippen molar-refractivity contribution in [3.05, 3.63) is 35.5 Å². The first-order chi connectivity index (χ1) is 5.97. The summed E-state index contributed by atoms with van der Waals surface area (Å²) in [6, 6.07) is 0. The van der Waals surface area contributed by atoms with Gasteiger partial charge in [0.1, 0.15) is 0 Å². The third-order valence-corrected chi connectivity index (χ3v) is 1.99. The maximum Gasteiger partial charge on any atom is -0.0253 e. The van der Waals surface area contributed by atoms with Crippen LogP contribution in [0.1, 0.15) is 41.0 Å². The average Bonchev–Trinajstić information content (AvgIpc) is 2.00. The van der Waals surface area contributed by atoms with Gasteiger partial charge in [0.15, 0.2) is 0 Å². The molecule has 0 aliphatic carbocycles. The van der Waals surface area contributed by atoms with Gasteiger partial charge in [0.05, 0.1) is 0 Å². The summed E-state index contributed by atoms with van der Waals surface area (Å²) in [6.07, 6.45) is 5.50. The summed E-state index contributed by atoms with van der Waals surface area (Å²) in [7, 11) is 0. The van der Waals surface area contributed by atoms with Crippen molar-refractivity contribution in [1.29, 1.82) is 0 Å². The summed E-state index contributed by atoms with van der Waals surface area (Å²) >= 11 is 0. The van der Waals surface area contributed by atoms with E-state index in [1.165, 1.54) is 11.1 Å². The maximum atomic E-state index is 3.92. The van der Waals surface area contributed by atoms with Crippen LogP contribution in [0.25, 0.3) is 0 Å². The molecule has 0 aromatic heterocycles. The van der Waals surface area contributed by atoms with E-state index in [1.54, 1.807) is 0 Å². The fourth-order valence-electron chi connectivity index (χ4n) is 1.26. The fourth-order valence-corrected chi connectivity index (χ4v) is 1.26. The van der Waals surface area contributed by atoms with Gasteiger partial charge in [0.25, 0.3) is 0 Å². The molecule has 0 N–H and O–H groups in total. The highest BCUT2D eigenvalue weighted by Gasteiger charge is 2.02. The van der Waals surface area contributed by atoms with Gasteiger partial charge < -0.3 is 0 Å². The third kappa shape index (κ3) is 5.46. The van der Waals surface area contributed by atoms with Crippen molar-refractivity contribution in [1.82, 2.24) is 0 Å². The molecule has 0 nitrogen and oxygen atoms in total. The Morgan fingerprint density at radius 3 is 2.15 bits per heavy atom. The van der Waals surface area contributed by atoms with Crippen LogP contribution in [0.15, 0.2) is 35.5 Å². The Labute approximate surface area is 83.0 Å². The molecular weight excluding hydrogens is 156 g/mol. The largest absolute Gasteiger partial charge is 0.0961 e. The minimum atomic E-state index is 0.709. The highest BCUT2D eigenvalue weighted by atomic mass is 14.1. The van der Waals surface area contributed by atoms with E-state index in [2.05, 4.69) is 46.4 Å². The van der Waals surface area contributed by atoms with Crippen LogP contribution in [0.4, 0.5) is 0 Å². The molecule has 74 valence electrons. The molecule has 0 atom stereocenters. The summed E-state index contributed by atoms with van der Waals surface area (Å²) in [6.45, 7) is 14.7. The Hall–Kier alpha value is -0.780. The molecule has 13 heavy (non-hydrogen) atoms. The average molecular weight is 178 g/mol. The zero-order chi connectivity index (χ0) is 10.4. The molecule has 0 heterocycles. The summed E-state index contributed by atoms with van der Waals surface area (Å²) < 4.78 is 0. The zero-order valence-corrected chi connectivity index (χ0v) is 9.65. The molecule has 0 saturated heterocycles. The lowest BCUT2D eigenvalue weighted by Gasteiger charge is -2.10. The monoisotopic (exact) mass is 178 g/mol. The van der Waals surface area contributed by atoms with Crippen LogP contribution in [0.5, 0.6) is 0 Å². The molecule has 0 spiro atoms. The Morgan fingerprint density at radius 1 is 1.31 bits per heavy atom. The first kappa shape index (κ1) is 12.2. The van der Waals surface area contributed by atoms with E-state index >= 15 is 0 Å². The van der Waals surface area contributed by atoms with Gasteiger partial charge in [-0.15, -0.1) is 0 Å². The van der Waals surface area contributed by atoms with Crippen LogP contribution in [0, 0.1) is 5.92 Å². The molecule has 0 aromatic carbocycles. The second-order valence-electron chi connectivity index (χ2n) is 4.09. The van der Waals surface area contributed by atoms with E-state index in [9.17, 15) is 0 Å². The van der Waals surface area contributed by atoms with Crippen molar-refractivity contribution in [3.8, 4) is 0 Å². The highest BCUT2D eigenvalue weighted by molar-refractivity contribution is 5.34. The number of allylic oxidation sites excluding steroid dienone is 5. The van der Waals surface area contributed by atoms with Crippen LogP contribution < -0.4 is 0 Å². The predicted molar refractivity (Wildman–Crippen MR) is 61.8 cm³/mol. The van der Waals surface area contributed by atoms with E-state index in [1.807, 2.05) is 6.92 Å². The van der Waals surface area contributed by atoms with Gasteiger partial charge in [0.2, 0.25) is 0 Å². The zero-order valence-electron chi connectivity index (χ0n) is 9.65. The van der Waals surface area contributed by atoms with Crippen molar-refractivity contribution in [2.75, 3.05) is 0 Å². The van der Waals surface area contributed by atoms with Gasteiger partial charge in [-0.05, 0) is 38.7 Å². The number of hydrogen-bond acceptors (Lipinski definition) is 0. The van der Waals surface area contributed by atoms with Crippen LogP contribution in [0.2, 0.25) is 0 Å². The van der Waals surface area contributed by atoms with Crippen LogP contribution in [-0.4, -0.2) is 0 Å². The van der Waals surface area contributed by atoms with Crippen molar-refractivity contribution in [2.45, 2.75) is 41.0 Å². The van der Waals surface area contributed by atoms with Crippen LogP contribution in [-0.2, 0) is 0 Å². The lowest BCUT2D eigenvalue weighted by molar-refractivity contribution is 0.645. The topological polar surface area (TPSA) is 0 Å². The van der Waals surface area contributed by atoms with Crippen molar-refractivity contribution in [2.24, 2.45) is 5.92 Å². The summed E-state index contributed by atoms with van der Waals surface area (Å²) in [5.74, 6) is 0.709. The molecule has 0 unspecified atom stereocenters. The second-order valence-corrected chi connectivity index (χ2v) is 4.09. The highest BCUT2D eigenvalue weighted by Crippen LogP contribution is 2.20. The summed E-state index contributed by atoms with van der Waals surface area (Å²) in [5, 5.41) is 0. The first-order valence-electron chi connectivity index (χ1n) is 4.96. The van der Waals surface area contributed by atoms with E-state index in [0.717, 1.165) is 12.0 Å². The van der Waals surface area contributed by atoms with E-state index < -0.39 is 0 Å². The van der Waals surface area contributed by atoms with Gasteiger partial charge in [-0.3, -0.25) is 0 Å². The number of hydrogen-bond donors (Lipinski definition) is 0. The van der Waals surface area contributed by atoms with Gasteiger partial charge in [-0.25, -0.2) is 0 Å². The molecule has 0 amide bonds. The Morgan fingerprint density at radius 2 is 1.85 bits per heavy atom. The van der Waals surface area contributed by atoms with Gasteiger partial charge in [-0.1, -0.05) is 43.7 Å². The molecule has 0 rings (SSSR count). The number of rotatable bonds is 4. The smallest absolute Gasteiger partial charge is 0.0253 e. The van der Waals surface area contributed by atoms with Crippen LogP contribution in [0.3, 0.4) is 0 Å². The van der Waals surface area contributed by atoms with E-state index in [-0.39, 0.29) is 0 Å². The molecular formula is C13H22. The van der Waals surface area contributed by atoms with Crippen molar-refractivity contribution in [3.63, 3.8) is 0 Å². The molecule has 0 aliphatic heterocycles. The summed E-state index contributed by atoms with van der Waals surface area (Å²) in [5.41, 5.74) is 3.93. The third-order valence-electron chi connectivity index (χ3n) is 1.99. The standard InChI is InChI=1S/C13H22/c1-7-12(6)13(8-10(2)3)9-11(4)5/h7-8,11H,2,9H2,1,3-6H3/b12-7-,13-8-. The molecule has 0 saturated carbocycles. The fraction of sp³-hybridized carbons (Fsp3) is 0.538. The molecule has 0 aliphatic rings. The van der Waals surface area contributed by atoms with E-state index in [0.29, 0.717) is 5.92 Å². The Bertz CT molecular complexity index is 226. The van der Waals surface area contributed by atoms with Crippen molar-refractivity contribution < 1.29 is 0 Å². The van der Waals surface area contributed by atoms with Crippen LogP contribution >= 0.6 is 0 Å². The molecule has 0 aromatic rings. The summed E-state index contributed by atoms with van der Waals surface area (Å²) in [4.78, 5) is 0. The molecule has 0 fully saturated rings. The van der Waals surface area contributed by atoms with Gasteiger partial charge in [0, 0.05) is 0 Å². The first-order valence-corrected chi connectivity index (χ1v) is 4.96. The lowest BCUT2D eigenvalue weighted by atomic mass is 9.95. The van der Waals surface area contributed by atoms with Crippen molar-refractivity contribution >= 4 is 0 Å².